The molecule has 0 saturated carbocycles. The minimum absolute atomic E-state index is 0.287. The second-order valence-electron chi connectivity index (χ2n) is 7.66. The van der Waals surface area contributed by atoms with E-state index in [1.807, 2.05) is 25.3 Å². The first kappa shape index (κ1) is 17.5. The molecule has 7 heteroatoms. The standard InChI is InChI=1S/C17H27ClN4O2/c1-17(2,3)24-16(23)21-9-10-22-14(12-21)19-13(15(22)18)11-20-7-5-4-6-8-20/h4-12H2,1-3H3. The molecule has 1 fully saturated rings. The molecule has 3 rings (SSSR count). The Labute approximate surface area is 148 Å². The highest BCUT2D eigenvalue weighted by Gasteiger charge is 2.29. The largest absolute Gasteiger partial charge is 0.444 e. The Morgan fingerprint density at radius 3 is 2.54 bits per heavy atom. The molecule has 6 nitrogen and oxygen atoms in total. The average molecular weight is 355 g/mol. The van der Waals surface area contributed by atoms with Gasteiger partial charge in [-0.15, -0.1) is 0 Å². The summed E-state index contributed by atoms with van der Waals surface area (Å²) >= 11 is 6.53. The van der Waals surface area contributed by atoms with E-state index < -0.39 is 5.60 Å². The highest BCUT2D eigenvalue weighted by Crippen LogP contribution is 2.25. The van der Waals surface area contributed by atoms with Gasteiger partial charge in [0.2, 0.25) is 0 Å². The van der Waals surface area contributed by atoms with Crippen LogP contribution in [0.3, 0.4) is 0 Å². The van der Waals surface area contributed by atoms with E-state index in [4.69, 9.17) is 21.3 Å². The predicted octanol–water partition coefficient (Wildman–Crippen LogP) is 3.27. The Hall–Kier alpha value is -1.27. The van der Waals surface area contributed by atoms with Crippen LogP contribution in [0.2, 0.25) is 5.15 Å². The summed E-state index contributed by atoms with van der Waals surface area (Å²) in [6.45, 7) is 10.4. The molecule has 1 aromatic rings. The number of fused-ring (bicyclic) bond motifs is 1. The van der Waals surface area contributed by atoms with Crippen molar-refractivity contribution < 1.29 is 9.53 Å². The summed E-state index contributed by atoms with van der Waals surface area (Å²) in [4.78, 5) is 21.1. The van der Waals surface area contributed by atoms with E-state index in [1.165, 1.54) is 19.3 Å². The van der Waals surface area contributed by atoms with E-state index >= 15 is 0 Å². The second-order valence-corrected chi connectivity index (χ2v) is 8.01. The monoisotopic (exact) mass is 354 g/mol. The predicted molar refractivity (Wildman–Crippen MR) is 93.0 cm³/mol. The van der Waals surface area contributed by atoms with Crippen LogP contribution in [-0.2, 0) is 24.4 Å². The van der Waals surface area contributed by atoms with Crippen molar-refractivity contribution in [2.24, 2.45) is 0 Å². The van der Waals surface area contributed by atoms with Crippen molar-refractivity contribution in [3.8, 4) is 0 Å². The molecule has 1 aromatic heterocycles. The van der Waals surface area contributed by atoms with Gasteiger partial charge in [-0.1, -0.05) is 18.0 Å². The Kier molecular flexibility index (Phi) is 5.06. The number of likely N-dealkylation sites (tertiary alicyclic amines) is 1. The number of aromatic nitrogens is 2. The van der Waals surface area contributed by atoms with Crippen molar-refractivity contribution in [3.05, 3.63) is 16.7 Å². The summed E-state index contributed by atoms with van der Waals surface area (Å²) in [6.07, 6.45) is 3.52. The fraction of sp³-hybridized carbons (Fsp3) is 0.765. The van der Waals surface area contributed by atoms with Gasteiger partial charge in [-0.2, -0.15) is 0 Å². The lowest BCUT2D eigenvalue weighted by Crippen LogP contribution is -2.41. The lowest BCUT2D eigenvalue weighted by Gasteiger charge is -2.30. The third kappa shape index (κ3) is 4.03. The van der Waals surface area contributed by atoms with Crippen LogP contribution in [0, 0.1) is 0 Å². The first-order valence-corrected chi connectivity index (χ1v) is 9.15. The van der Waals surface area contributed by atoms with E-state index in [1.54, 1.807) is 4.90 Å². The van der Waals surface area contributed by atoms with Crippen LogP contribution in [0.15, 0.2) is 0 Å². The van der Waals surface area contributed by atoms with Crippen LogP contribution in [0.1, 0.15) is 51.6 Å². The molecule has 1 saturated heterocycles. The van der Waals surface area contributed by atoms with Gasteiger partial charge in [-0.25, -0.2) is 9.78 Å². The molecule has 134 valence electrons. The number of halogens is 1. The first-order valence-electron chi connectivity index (χ1n) is 8.77. The van der Waals surface area contributed by atoms with E-state index in [0.717, 1.165) is 36.3 Å². The molecule has 0 spiro atoms. The van der Waals surface area contributed by atoms with E-state index in [9.17, 15) is 4.79 Å². The molecular weight excluding hydrogens is 328 g/mol. The zero-order chi connectivity index (χ0) is 17.3. The van der Waals surface area contributed by atoms with Crippen molar-refractivity contribution >= 4 is 17.7 Å². The topological polar surface area (TPSA) is 50.6 Å². The Bertz CT molecular complexity index is 602. The smallest absolute Gasteiger partial charge is 0.410 e. The van der Waals surface area contributed by atoms with Crippen molar-refractivity contribution in [1.29, 1.82) is 0 Å². The highest BCUT2D eigenvalue weighted by molar-refractivity contribution is 6.30. The Morgan fingerprint density at radius 1 is 1.17 bits per heavy atom. The summed E-state index contributed by atoms with van der Waals surface area (Å²) in [5.74, 6) is 0.851. The van der Waals surface area contributed by atoms with Gasteiger partial charge in [0.1, 0.15) is 16.6 Å². The molecule has 3 heterocycles. The van der Waals surface area contributed by atoms with E-state index in [0.29, 0.717) is 19.6 Å². The molecule has 0 unspecified atom stereocenters. The SMILES string of the molecule is CC(C)(C)OC(=O)N1CCn2c(nc(CN3CCCCC3)c2Cl)C1. The van der Waals surface area contributed by atoms with Crippen LogP contribution >= 0.6 is 11.6 Å². The number of piperidine rings is 1. The minimum Gasteiger partial charge on any atom is -0.444 e. The number of rotatable bonds is 2. The van der Waals surface area contributed by atoms with Gasteiger partial charge in [0.15, 0.2) is 0 Å². The molecule has 2 aliphatic rings. The summed E-state index contributed by atoms with van der Waals surface area (Å²) < 4.78 is 7.49. The number of nitrogens with zero attached hydrogens (tertiary/aromatic N) is 4. The molecular formula is C17H27ClN4O2. The number of hydrogen-bond acceptors (Lipinski definition) is 4. The number of carbonyl (C=O) groups excluding carboxylic acids is 1. The maximum Gasteiger partial charge on any atom is 0.410 e. The molecule has 2 aliphatic heterocycles. The van der Waals surface area contributed by atoms with Crippen LogP contribution in [0.25, 0.3) is 0 Å². The molecule has 24 heavy (non-hydrogen) atoms. The third-order valence-corrected chi connectivity index (χ3v) is 4.87. The van der Waals surface area contributed by atoms with Crippen molar-refractivity contribution in [3.63, 3.8) is 0 Å². The van der Waals surface area contributed by atoms with Gasteiger partial charge < -0.3 is 9.30 Å². The Morgan fingerprint density at radius 2 is 1.88 bits per heavy atom. The first-order chi connectivity index (χ1) is 11.3. The highest BCUT2D eigenvalue weighted by atomic mass is 35.5. The van der Waals surface area contributed by atoms with Crippen LogP contribution in [-0.4, -0.2) is 50.7 Å². The van der Waals surface area contributed by atoms with Crippen molar-refractivity contribution in [2.75, 3.05) is 19.6 Å². The molecule has 0 aliphatic carbocycles. The summed E-state index contributed by atoms with van der Waals surface area (Å²) in [6, 6.07) is 0. The average Bonchev–Trinajstić information content (AvgIpc) is 2.82. The van der Waals surface area contributed by atoms with Crippen LogP contribution in [0.5, 0.6) is 0 Å². The quantitative estimate of drug-likeness (QED) is 0.817. The maximum atomic E-state index is 12.3. The second kappa shape index (κ2) is 6.92. The van der Waals surface area contributed by atoms with Gasteiger partial charge in [0.25, 0.3) is 0 Å². The van der Waals surface area contributed by atoms with Crippen molar-refractivity contribution in [1.82, 2.24) is 19.4 Å². The zero-order valence-electron chi connectivity index (χ0n) is 14.8. The summed E-state index contributed by atoms with van der Waals surface area (Å²) in [7, 11) is 0. The summed E-state index contributed by atoms with van der Waals surface area (Å²) in [5.41, 5.74) is 0.445. The number of carbonyl (C=O) groups is 1. The van der Waals surface area contributed by atoms with Gasteiger partial charge in [-0.3, -0.25) is 9.80 Å². The normalized spacial score (nSPS) is 19.2. The van der Waals surface area contributed by atoms with Gasteiger partial charge in [0, 0.05) is 19.6 Å². The van der Waals surface area contributed by atoms with E-state index in [-0.39, 0.29) is 6.09 Å². The lowest BCUT2D eigenvalue weighted by molar-refractivity contribution is 0.0195. The molecule has 0 radical (unpaired) electrons. The molecule has 0 N–H and O–H groups in total. The number of amides is 1. The van der Waals surface area contributed by atoms with Crippen LogP contribution in [0.4, 0.5) is 4.79 Å². The molecule has 0 aromatic carbocycles. The number of imidazole rings is 1. The maximum absolute atomic E-state index is 12.3. The molecule has 1 amide bonds. The fourth-order valence-corrected chi connectivity index (χ4v) is 3.55. The zero-order valence-corrected chi connectivity index (χ0v) is 15.6. The van der Waals surface area contributed by atoms with Gasteiger partial charge in [-0.05, 0) is 46.7 Å². The Balaban J connectivity index is 1.68. The number of hydrogen-bond donors (Lipinski definition) is 0. The molecule has 0 bridgehead atoms. The van der Waals surface area contributed by atoms with Crippen molar-refractivity contribution in [2.45, 2.75) is 65.3 Å². The number of ether oxygens (including phenoxy) is 1. The minimum atomic E-state index is -0.485. The van der Waals surface area contributed by atoms with Gasteiger partial charge in [0.05, 0.1) is 12.2 Å². The third-order valence-electron chi connectivity index (χ3n) is 4.45. The lowest BCUT2D eigenvalue weighted by atomic mass is 10.1. The van der Waals surface area contributed by atoms with Crippen LogP contribution < -0.4 is 0 Å². The summed E-state index contributed by atoms with van der Waals surface area (Å²) in [5, 5.41) is 0.722. The fourth-order valence-electron chi connectivity index (χ4n) is 3.26. The van der Waals surface area contributed by atoms with Gasteiger partial charge >= 0.3 is 6.09 Å². The van der Waals surface area contributed by atoms with E-state index in [2.05, 4.69) is 4.90 Å². The molecule has 0 atom stereocenters.